The van der Waals surface area contributed by atoms with Gasteiger partial charge < -0.3 is 0 Å². The summed E-state index contributed by atoms with van der Waals surface area (Å²) in [5.41, 5.74) is 4.66. The number of Topliss-reactive ketones (excluding diaryl/α,β-unsaturated/α-hetero) is 1. The van der Waals surface area contributed by atoms with E-state index in [4.69, 9.17) is 23.2 Å². The maximum atomic E-state index is 14.1. The number of unbranched alkanes of at least 4 members (excludes halogenated alkanes) is 8. The molecule has 3 fully saturated rings. The molecule has 0 saturated heterocycles. The van der Waals surface area contributed by atoms with Crippen LogP contribution < -0.4 is 0 Å². The largest absolute Gasteiger partial charge is 0.298 e. The first-order valence-corrected chi connectivity index (χ1v) is 18.7. The molecule has 2 aromatic rings. The summed E-state index contributed by atoms with van der Waals surface area (Å²) in [5, 5.41) is 0. The molecule has 3 aliphatic carbocycles. The molecule has 2 spiro atoms. The Morgan fingerprint density at radius 1 is 0.558 bits per heavy atom. The number of alkyl halides is 2. The van der Waals surface area contributed by atoms with Crippen LogP contribution >= 0.6 is 23.2 Å². The Bertz CT molecular complexity index is 1060. The summed E-state index contributed by atoms with van der Waals surface area (Å²) in [6.45, 7) is 4.54. The first-order valence-electron chi connectivity index (χ1n) is 18.0. The molecule has 236 valence electrons. The van der Waals surface area contributed by atoms with Crippen LogP contribution in [-0.4, -0.2) is 10.1 Å². The number of hydrogen-bond donors (Lipinski definition) is 0. The third-order valence-electron chi connectivity index (χ3n) is 11.8. The topological polar surface area (TPSA) is 17.1 Å². The molecule has 0 heterocycles. The smallest absolute Gasteiger partial charge is 0.151 e. The molecule has 3 saturated carbocycles. The molecule has 0 aromatic heterocycles. The number of hydrogen-bond acceptors (Lipinski definition) is 1. The highest BCUT2D eigenvalue weighted by Gasteiger charge is 2.79. The molecule has 3 aliphatic rings. The Balaban J connectivity index is 1.11. The fourth-order valence-corrected chi connectivity index (χ4v) is 9.99. The van der Waals surface area contributed by atoms with Gasteiger partial charge in [-0.2, -0.15) is 0 Å². The van der Waals surface area contributed by atoms with Crippen molar-refractivity contribution >= 4 is 29.0 Å². The van der Waals surface area contributed by atoms with E-state index in [2.05, 4.69) is 62.4 Å². The van der Waals surface area contributed by atoms with Gasteiger partial charge in [-0.25, -0.2) is 0 Å². The van der Waals surface area contributed by atoms with E-state index >= 15 is 0 Å². The van der Waals surface area contributed by atoms with Crippen molar-refractivity contribution in [3.63, 3.8) is 0 Å². The van der Waals surface area contributed by atoms with Crippen molar-refractivity contribution in [3.8, 4) is 0 Å². The zero-order chi connectivity index (χ0) is 30.3. The Hall–Kier alpha value is -1.31. The molecular formula is C40H56Cl2O. The zero-order valence-corrected chi connectivity index (χ0v) is 28.6. The van der Waals surface area contributed by atoms with Crippen LogP contribution in [0.15, 0.2) is 48.5 Å². The van der Waals surface area contributed by atoms with Crippen LogP contribution in [0.1, 0.15) is 164 Å². The number of benzene rings is 2. The summed E-state index contributed by atoms with van der Waals surface area (Å²) < 4.78 is -0.934. The predicted octanol–water partition coefficient (Wildman–Crippen LogP) is 12.5. The molecule has 5 rings (SSSR count). The molecule has 0 unspecified atom stereocenters. The second kappa shape index (κ2) is 14.9. The van der Waals surface area contributed by atoms with Crippen LogP contribution in [0, 0.1) is 10.8 Å². The number of aryl methyl sites for hydroxylation is 2. The van der Waals surface area contributed by atoms with Gasteiger partial charge in [0.05, 0.1) is 10.8 Å². The van der Waals surface area contributed by atoms with E-state index in [1.165, 1.54) is 99.3 Å². The number of carbonyl (C=O) groups excluding carboxylic acids is 1. The summed E-state index contributed by atoms with van der Waals surface area (Å²) >= 11 is 14.6. The summed E-state index contributed by atoms with van der Waals surface area (Å²) in [5.74, 6) is 1.40. The summed E-state index contributed by atoms with van der Waals surface area (Å²) in [6, 6.07) is 18.7. The Morgan fingerprint density at radius 2 is 0.907 bits per heavy atom. The average molecular weight is 624 g/mol. The van der Waals surface area contributed by atoms with Crippen molar-refractivity contribution in [2.75, 3.05) is 0 Å². The predicted molar refractivity (Wildman–Crippen MR) is 185 cm³/mol. The van der Waals surface area contributed by atoms with Gasteiger partial charge in [-0.3, -0.25) is 4.79 Å². The molecule has 0 amide bonds. The lowest BCUT2D eigenvalue weighted by molar-refractivity contribution is -0.170. The maximum absolute atomic E-state index is 14.1. The van der Waals surface area contributed by atoms with Crippen molar-refractivity contribution in [2.24, 2.45) is 10.8 Å². The molecule has 3 heteroatoms. The van der Waals surface area contributed by atoms with Crippen molar-refractivity contribution in [1.29, 1.82) is 0 Å². The highest BCUT2D eigenvalue weighted by Crippen LogP contribution is 2.75. The molecule has 0 N–H and O–H groups in total. The van der Waals surface area contributed by atoms with Crippen LogP contribution in [0.5, 0.6) is 0 Å². The van der Waals surface area contributed by atoms with E-state index in [0.717, 1.165) is 51.4 Å². The van der Waals surface area contributed by atoms with Crippen molar-refractivity contribution in [1.82, 2.24) is 0 Å². The highest BCUT2D eigenvalue weighted by atomic mass is 35.5. The zero-order valence-electron chi connectivity index (χ0n) is 27.1. The van der Waals surface area contributed by atoms with E-state index in [-0.39, 0.29) is 0 Å². The van der Waals surface area contributed by atoms with Crippen LogP contribution in [0.25, 0.3) is 0 Å². The summed E-state index contributed by atoms with van der Waals surface area (Å²) in [6.07, 6.45) is 23.0. The monoisotopic (exact) mass is 622 g/mol. The minimum absolute atomic E-state index is 0.388. The van der Waals surface area contributed by atoms with Gasteiger partial charge in [-0.15, -0.1) is 0 Å². The second-order valence-corrected chi connectivity index (χ2v) is 15.8. The summed E-state index contributed by atoms with van der Waals surface area (Å²) in [7, 11) is 0. The van der Waals surface area contributed by atoms with Gasteiger partial charge in [0.15, 0.2) is 5.78 Å². The first kappa shape index (κ1) is 33.1. The number of rotatable bonds is 14. The van der Waals surface area contributed by atoms with Gasteiger partial charge in [0.25, 0.3) is 0 Å². The molecule has 1 nitrogen and oxygen atoms in total. The van der Waals surface area contributed by atoms with E-state index in [0.29, 0.717) is 17.6 Å². The number of carbonyl (C=O) groups is 1. The van der Waals surface area contributed by atoms with Crippen LogP contribution in [0.2, 0.25) is 0 Å². The minimum atomic E-state index is -0.934. The molecule has 0 bridgehead atoms. The maximum Gasteiger partial charge on any atom is 0.151 e. The molecular weight excluding hydrogens is 567 g/mol. The Labute approximate surface area is 272 Å². The van der Waals surface area contributed by atoms with Gasteiger partial charge in [-0.05, 0) is 111 Å². The van der Waals surface area contributed by atoms with Gasteiger partial charge >= 0.3 is 0 Å². The summed E-state index contributed by atoms with van der Waals surface area (Å²) in [4.78, 5) is 14.1. The van der Waals surface area contributed by atoms with Gasteiger partial charge in [0, 0.05) is 0 Å². The average Bonchev–Trinajstić information content (AvgIpc) is 3.05. The quantitative estimate of drug-likeness (QED) is 0.151. The van der Waals surface area contributed by atoms with Crippen molar-refractivity contribution in [3.05, 3.63) is 70.8 Å². The lowest BCUT2D eigenvalue weighted by Gasteiger charge is -2.67. The number of ketones is 1. The standard InChI is InChI=1S/C40H56Cl2O/c1-3-5-7-9-11-13-31-15-19-33(20-16-31)35-23-27-38(28-24-35)37(43)39(40(38,41)42)29-25-36(26-30-39)34-21-17-32(18-22-34)14-12-10-8-6-4-2/h15-22,35-36H,3-14,23-30H2,1-2H3. The molecule has 0 radical (unpaired) electrons. The molecule has 0 atom stereocenters. The van der Waals surface area contributed by atoms with Gasteiger partial charge in [-0.1, -0.05) is 137 Å². The number of halogens is 2. The fourth-order valence-electron chi connectivity index (χ4n) is 8.89. The fraction of sp³-hybridized carbons (Fsp3) is 0.675. The lowest BCUT2D eigenvalue weighted by atomic mass is 9.42. The Morgan fingerprint density at radius 3 is 1.23 bits per heavy atom. The third kappa shape index (κ3) is 6.79. The van der Waals surface area contributed by atoms with Crippen molar-refractivity contribution < 1.29 is 4.79 Å². The SMILES string of the molecule is CCCCCCCc1ccc(C2CCC3(CC2)C(=O)C2(CCC(c4ccc(CCCCCCC)cc4)CC2)C3(Cl)Cl)cc1. The first-order chi connectivity index (χ1) is 20.9. The van der Waals surface area contributed by atoms with E-state index in [9.17, 15) is 4.79 Å². The van der Waals surface area contributed by atoms with E-state index in [1.807, 2.05) is 0 Å². The minimum Gasteiger partial charge on any atom is -0.298 e. The third-order valence-corrected chi connectivity index (χ3v) is 13.2. The lowest BCUT2D eigenvalue weighted by Crippen LogP contribution is -2.74. The van der Waals surface area contributed by atoms with Crippen molar-refractivity contribution in [2.45, 2.75) is 158 Å². The highest BCUT2D eigenvalue weighted by molar-refractivity contribution is 6.55. The molecule has 43 heavy (non-hydrogen) atoms. The normalized spacial score (nSPS) is 28.3. The van der Waals surface area contributed by atoms with Crippen LogP contribution in [-0.2, 0) is 17.6 Å². The second-order valence-electron chi connectivity index (χ2n) is 14.4. The van der Waals surface area contributed by atoms with Crippen LogP contribution in [0.3, 0.4) is 0 Å². The molecule has 2 aromatic carbocycles. The Kier molecular flexibility index (Phi) is 11.4. The van der Waals surface area contributed by atoms with Gasteiger partial charge in [0.2, 0.25) is 0 Å². The van der Waals surface area contributed by atoms with Gasteiger partial charge in [0.1, 0.15) is 4.33 Å². The van der Waals surface area contributed by atoms with E-state index < -0.39 is 15.2 Å². The molecule has 0 aliphatic heterocycles. The van der Waals surface area contributed by atoms with E-state index in [1.54, 1.807) is 0 Å². The van der Waals surface area contributed by atoms with Crippen LogP contribution in [0.4, 0.5) is 0 Å².